The molecule has 0 aliphatic carbocycles. The molecule has 0 spiro atoms. The Morgan fingerprint density at radius 2 is 2.00 bits per heavy atom. The van der Waals surface area contributed by atoms with Crippen LogP contribution < -0.4 is 15.4 Å². The summed E-state index contributed by atoms with van der Waals surface area (Å²) in [4.78, 5) is 33.0. The third kappa shape index (κ3) is 6.11. The first-order valence-electron chi connectivity index (χ1n) is 12.4. The minimum atomic E-state index is -0.562. The predicted octanol–water partition coefficient (Wildman–Crippen LogP) is 4.76. The molecule has 35 heavy (non-hydrogen) atoms. The second-order valence-corrected chi connectivity index (χ2v) is 10.0. The number of thiazole rings is 1. The lowest BCUT2D eigenvalue weighted by Crippen LogP contribution is -2.50. The minimum Gasteiger partial charge on any atom is -0.465 e. The van der Waals surface area contributed by atoms with Gasteiger partial charge in [0.15, 0.2) is 0 Å². The van der Waals surface area contributed by atoms with Crippen LogP contribution in [-0.2, 0) is 9.59 Å². The molecule has 0 saturated carbocycles. The molecule has 1 aromatic heterocycles. The fourth-order valence-electron chi connectivity index (χ4n) is 4.36. The largest absolute Gasteiger partial charge is 0.465 e. The Hall–Kier alpha value is -3.13. The highest BCUT2D eigenvalue weighted by atomic mass is 32.1. The van der Waals surface area contributed by atoms with E-state index in [0.29, 0.717) is 31.1 Å². The molecule has 0 radical (unpaired) electrons. The van der Waals surface area contributed by atoms with Crippen molar-refractivity contribution in [3.63, 3.8) is 0 Å². The molecule has 0 bridgehead atoms. The average molecular weight is 495 g/mol. The van der Waals surface area contributed by atoms with Crippen LogP contribution in [0.2, 0.25) is 0 Å². The zero-order chi connectivity index (χ0) is 24.8. The van der Waals surface area contributed by atoms with Crippen LogP contribution in [0.25, 0.3) is 10.2 Å². The van der Waals surface area contributed by atoms with E-state index in [9.17, 15) is 9.59 Å². The fraction of sp³-hybridized carbons (Fsp3) is 0.444. The SMILES string of the molecule is CCCCNC(=O)[C@@H]1C[C@@H](Oc2nc3ccc(C)cc3s2)CN1C(=O)[C@H](CC)Nc1ccccc1. The number of para-hydroxylation sites is 1. The highest BCUT2D eigenvalue weighted by Gasteiger charge is 2.42. The molecule has 2 aromatic carbocycles. The number of aromatic nitrogens is 1. The molecule has 1 fully saturated rings. The van der Waals surface area contributed by atoms with E-state index in [4.69, 9.17) is 4.74 Å². The summed E-state index contributed by atoms with van der Waals surface area (Å²) in [6, 6.07) is 14.8. The maximum absolute atomic E-state index is 13.6. The number of amides is 2. The van der Waals surface area contributed by atoms with E-state index in [2.05, 4.69) is 35.5 Å². The van der Waals surface area contributed by atoms with Crippen molar-refractivity contribution in [2.24, 2.45) is 0 Å². The van der Waals surface area contributed by atoms with Crippen LogP contribution in [0.15, 0.2) is 48.5 Å². The summed E-state index contributed by atoms with van der Waals surface area (Å²) in [7, 11) is 0. The van der Waals surface area contributed by atoms with Gasteiger partial charge in [-0.05, 0) is 49.6 Å². The van der Waals surface area contributed by atoms with Crippen LogP contribution in [0.5, 0.6) is 5.19 Å². The first kappa shape index (κ1) is 25.0. The molecule has 4 rings (SSSR count). The normalized spacial score (nSPS) is 18.4. The Kier molecular flexibility index (Phi) is 8.23. The van der Waals surface area contributed by atoms with Crippen molar-refractivity contribution in [1.29, 1.82) is 0 Å². The van der Waals surface area contributed by atoms with Gasteiger partial charge in [-0.3, -0.25) is 9.59 Å². The van der Waals surface area contributed by atoms with E-state index in [1.165, 1.54) is 16.9 Å². The van der Waals surface area contributed by atoms with E-state index in [-0.39, 0.29) is 17.9 Å². The molecule has 3 aromatic rings. The molecule has 2 heterocycles. The van der Waals surface area contributed by atoms with Gasteiger partial charge in [-0.1, -0.05) is 55.9 Å². The summed E-state index contributed by atoms with van der Waals surface area (Å²) in [6.45, 7) is 7.07. The Morgan fingerprint density at radius 1 is 1.20 bits per heavy atom. The van der Waals surface area contributed by atoms with E-state index >= 15 is 0 Å². The van der Waals surface area contributed by atoms with Gasteiger partial charge in [0.25, 0.3) is 5.19 Å². The lowest BCUT2D eigenvalue weighted by Gasteiger charge is -2.28. The number of nitrogens with one attached hydrogen (secondary N) is 2. The summed E-state index contributed by atoms with van der Waals surface area (Å²) in [6.07, 6.45) is 2.66. The molecule has 0 unspecified atom stereocenters. The summed E-state index contributed by atoms with van der Waals surface area (Å²) < 4.78 is 7.30. The monoisotopic (exact) mass is 494 g/mol. The number of rotatable bonds is 10. The summed E-state index contributed by atoms with van der Waals surface area (Å²) >= 11 is 1.50. The van der Waals surface area contributed by atoms with E-state index in [1.54, 1.807) is 4.90 Å². The molecule has 1 aliphatic rings. The summed E-state index contributed by atoms with van der Waals surface area (Å²) in [5.41, 5.74) is 2.95. The quantitative estimate of drug-likeness (QED) is 0.397. The summed E-state index contributed by atoms with van der Waals surface area (Å²) in [5, 5.41) is 6.91. The van der Waals surface area contributed by atoms with Crippen molar-refractivity contribution in [3.8, 4) is 5.19 Å². The molecular formula is C27H34N4O3S. The third-order valence-corrected chi connectivity index (χ3v) is 7.20. The van der Waals surface area contributed by atoms with Crippen LogP contribution in [-0.4, -0.2) is 53.0 Å². The van der Waals surface area contributed by atoms with Gasteiger partial charge in [-0.2, -0.15) is 0 Å². The summed E-state index contributed by atoms with van der Waals surface area (Å²) in [5.74, 6) is -0.203. The highest BCUT2D eigenvalue weighted by molar-refractivity contribution is 7.20. The van der Waals surface area contributed by atoms with Gasteiger partial charge in [0.05, 0.1) is 16.8 Å². The number of nitrogens with zero attached hydrogens (tertiary/aromatic N) is 2. The molecule has 1 saturated heterocycles. The van der Waals surface area contributed by atoms with Gasteiger partial charge in [0.1, 0.15) is 18.2 Å². The van der Waals surface area contributed by atoms with Crippen LogP contribution in [0.3, 0.4) is 0 Å². The number of ether oxygens (including phenoxy) is 1. The van der Waals surface area contributed by atoms with Crippen molar-refractivity contribution in [2.75, 3.05) is 18.4 Å². The van der Waals surface area contributed by atoms with Gasteiger partial charge in [-0.15, -0.1) is 0 Å². The van der Waals surface area contributed by atoms with E-state index in [0.717, 1.165) is 28.7 Å². The average Bonchev–Trinajstić information content (AvgIpc) is 3.46. The second kappa shape index (κ2) is 11.5. The van der Waals surface area contributed by atoms with Crippen LogP contribution >= 0.6 is 11.3 Å². The van der Waals surface area contributed by atoms with Crippen molar-refractivity contribution >= 4 is 39.1 Å². The number of aryl methyl sites for hydroxylation is 1. The van der Waals surface area contributed by atoms with Crippen LogP contribution in [0.1, 0.15) is 45.1 Å². The molecule has 2 amide bonds. The zero-order valence-corrected chi connectivity index (χ0v) is 21.4. The van der Waals surface area contributed by atoms with Gasteiger partial charge < -0.3 is 20.3 Å². The van der Waals surface area contributed by atoms with Crippen molar-refractivity contribution in [1.82, 2.24) is 15.2 Å². The standard InChI is InChI=1S/C27H34N4O3S/c1-4-6-14-28-25(32)23-16-20(34-27-30-22-13-12-18(3)15-24(22)35-27)17-31(23)26(33)21(5-2)29-19-10-8-7-9-11-19/h7-13,15,20-21,23,29H,4-6,14,16-17H2,1-3H3,(H,28,32)/t20-,21+,23+/m1/s1. The molecule has 8 heteroatoms. The van der Waals surface area contributed by atoms with Crippen LogP contribution in [0, 0.1) is 6.92 Å². The number of hydrogen-bond acceptors (Lipinski definition) is 6. The van der Waals surface area contributed by atoms with Gasteiger partial charge >= 0.3 is 0 Å². The van der Waals surface area contributed by atoms with Crippen LogP contribution in [0.4, 0.5) is 5.69 Å². The molecule has 7 nitrogen and oxygen atoms in total. The Morgan fingerprint density at radius 3 is 2.74 bits per heavy atom. The topological polar surface area (TPSA) is 83.6 Å². The van der Waals surface area contributed by atoms with E-state index < -0.39 is 12.1 Å². The first-order chi connectivity index (χ1) is 17.0. The smallest absolute Gasteiger partial charge is 0.274 e. The van der Waals surface area contributed by atoms with Crippen molar-refractivity contribution < 1.29 is 14.3 Å². The zero-order valence-electron chi connectivity index (χ0n) is 20.6. The third-order valence-electron chi connectivity index (χ3n) is 6.29. The number of carbonyl (C=O) groups is 2. The number of anilines is 1. The maximum atomic E-state index is 13.6. The lowest BCUT2D eigenvalue weighted by atomic mass is 10.1. The predicted molar refractivity (Wildman–Crippen MR) is 141 cm³/mol. The number of benzene rings is 2. The maximum Gasteiger partial charge on any atom is 0.274 e. The number of hydrogen-bond donors (Lipinski definition) is 2. The van der Waals surface area contributed by atoms with Crippen molar-refractivity contribution in [2.45, 2.75) is 64.6 Å². The number of carbonyl (C=O) groups excluding carboxylic acids is 2. The van der Waals surface area contributed by atoms with Gasteiger partial charge in [0.2, 0.25) is 11.8 Å². The fourth-order valence-corrected chi connectivity index (χ4v) is 5.34. The lowest BCUT2D eigenvalue weighted by molar-refractivity contribution is -0.139. The van der Waals surface area contributed by atoms with Crippen molar-refractivity contribution in [3.05, 3.63) is 54.1 Å². The first-order valence-corrected chi connectivity index (χ1v) is 13.2. The van der Waals surface area contributed by atoms with Gasteiger partial charge in [0, 0.05) is 18.7 Å². The second-order valence-electron chi connectivity index (χ2n) is 9.05. The molecular weight excluding hydrogens is 460 g/mol. The van der Waals surface area contributed by atoms with E-state index in [1.807, 2.05) is 49.4 Å². The Labute approximate surface area is 210 Å². The number of unbranched alkanes of at least 4 members (excludes halogenated alkanes) is 1. The Balaban J connectivity index is 1.51. The minimum absolute atomic E-state index is 0.0852. The number of likely N-dealkylation sites (tertiary alicyclic amines) is 1. The molecule has 2 N–H and O–H groups in total. The Bertz CT molecular complexity index is 1150. The molecule has 186 valence electrons. The van der Waals surface area contributed by atoms with Gasteiger partial charge in [-0.25, -0.2) is 4.98 Å². The highest BCUT2D eigenvalue weighted by Crippen LogP contribution is 2.32. The number of fused-ring (bicyclic) bond motifs is 1. The molecule has 1 aliphatic heterocycles. The molecule has 3 atom stereocenters.